The Labute approximate surface area is 113 Å². The topological polar surface area (TPSA) is 12.9 Å². The molecule has 0 radical (unpaired) electrons. The standard InChI is InChI=1S/C11H5Cl4N/c12-6-2-1-3-7(13)10(6)11-8(14)4-16-5-9(11)15/h1-5H. The van der Waals surface area contributed by atoms with Crippen molar-refractivity contribution in [2.75, 3.05) is 0 Å². The molecule has 1 aromatic carbocycles. The van der Waals surface area contributed by atoms with Crippen molar-refractivity contribution >= 4 is 46.4 Å². The van der Waals surface area contributed by atoms with Crippen LogP contribution in [0.1, 0.15) is 0 Å². The van der Waals surface area contributed by atoms with Crippen LogP contribution in [0.2, 0.25) is 20.1 Å². The lowest BCUT2D eigenvalue weighted by atomic mass is 10.1. The normalized spacial score (nSPS) is 10.5. The fraction of sp³-hybridized carbons (Fsp3) is 0. The van der Waals surface area contributed by atoms with Crippen molar-refractivity contribution in [3.8, 4) is 11.1 Å². The van der Waals surface area contributed by atoms with Crippen LogP contribution in [0.25, 0.3) is 11.1 Å². The van der Waals surface area contributed by atoms with E-state index in [-0.39, 0.29) is 0 Å². The molecule has 2 rings (SSSR count). The zero-order valence-electron chi connectivity index (χ0n) is 7.85. The maximum atomic E-state index is 6.09. The summed E-state index contributed by atoms with van der Waals surface area (Å²) in [7, 11) is 0. The maximum absolute atomic E-state index is 6.09. The van der Waals surface area contributed by atoms with Gasteiger partial charge >= 0.3 is 0 Å². The molecule has 0 saturated carbocycles. The summed E-state index contributed by atoms with van der Waals surface area (Å²) in [5.74, 6) is 0. The number of aromatic nitrogens is 1. The number of hydrogen-bond donors (Lipinski definition) is 0. The summed E-state index contributed by atoms with van der Waals surface area (Å²) in [4.78, 5) is 3.88. The van der Waals surface area contributed by atoms with Gasteiger partial charge in [0.2, 0.25) is 0 Å². The first kappa shape index (κ1) is 12.0. The van der Waals surface area contributed by atoms with Gasteiger partial charge in [0, 0.05) is 33.6 Å². The first-order valence-electron chi connectivity index (χ1n) is 4.34. The third-order valence-electron chi connectivity index (χ3n) is 2.07. The fourth-order valence-corrected chi connectivity index (χ4v) is 2.53. The summed E-state index contributed by atoms with van der Waals surface area (Å²) in [6, 6.07) is 5.23. The van der Waals surface area contributed by atoms with Crippen molar-refractivity contribution in [1.29, 1.82) is 0 Å². The summed E-state index contributed by atoms with van der Waals surface area (Å²) < 4.78 is 0. The van der Waals surface area contributed by atoms with Crippen LogP contribution in [0.4, 0.5) is 0 Å². The average Bonchev–Trinajstić information content (AvgIpc) is 2.21. The molecule has 0 fully saturated rings. The van der Waals surface area contributed by atoms with E-state index >= 15 is 0 Å². The second-order valence-corrected chi connectivity index (χ2v) is 4.70. The fourth-order valence-electron chi connectivity index (χ4n) is 1.39. The van der Waals surface area contributed by atoms with E-state index in [0.717, 1.165) is 0 Å². The maximum Gasteiger partial charge on any atom is 0.0683 e. The molecule has 1 nitrogen and oxygen atoms in total. The number of hydrogen-bond acceptors (Lipinski definition) is 1. The predicted molar refractivity (Wildman–Crippen MR) is 69.7 cm³/mol. The van der Waals surface area contributed by atoms with Crippen LogP contribution in [0, 0.1) is 0 Å². The molecule has 2 aromatic rings. The number of rotatable bonds is 1. The smallest absolute Gasteiger partial charge is 0.0683 e. The molecule has 1 heterocycles. The molecule has 0 spiro atoms. The van der Waals surface area contributed by atoms with Gasteiger partial charge < -0.3 is 0 Å². The summed E-state index contributed by atoms with van der Waals surface area (Å²) in [6.07, 6.45) is 3.00. The molecule has 0 aliphatic rings. The molecule has 0 aliphatic carbocycles. The highest BCUT2D eigenvalue weighted by atomic mass is 35.5. The SMILES string of the molecule is Clc1cccc(Cl)c1-c1c(Cl)cncc1Cl. The first-order valence-corrected chi connectivity index (χ1v) is 5.86. The van der Waals surface area contributed by atoms with Crippen molar-refractivity contribution in [2.24, 2.45) is 0 Å². The third kappa shape index (κ3) is 2.14. The van der Waals surface area contributed by atoms with Gasteiger partial charge in [-0.25, -0.2) is 0 Å². The molecule has 0 bridgehead atoms. The Balaban J connectivity index is 2.77. The van der Waals surface area contributed by atoms with Crippen molar-refractivity contribution in [2.45, 2.75) is 0 Å². The lowest BCUT2D eigenvalue weighted by molar-refractivity contribution is 1.33. The van der Waals surface area contributed by atoms with E-state index < -0.39 is 0 Å². The van der Waals surface area contributed by atoms with E-state index in [9.17, 15) is 0 Å². The van der Waals surface area contributed by atoms with E-state index in [1.807, 2.05) is 0 Å². The van der Waals surface area contributed by atoms with Crippen LogP contribution in [0.15, 0.2) is 30.6 Å². The molecule has 0 aliphatic heterocycles. The zero-order valence-corrected chi connectivity index (χ0v) is 10.9. The lowest BCUT2D eigenvalue weighted by Gasteiger charge is -2.10. The molecule has 82 valence electrons. The Morgan fingerprint density at radius 1 is 0.688 bits per heavy atom. The molecule has 5 heteroatoms. The Kier molecular flexibility index (Phi) is 3.60. The number of halogens is 4. The van der Waals surface area contributed by atoms with Crippen LogP contribution in [0.5, 0.6) is 0 Å². The molecule has 0 N–H and O–H groups in total. The largest absolute Gasteiger partial charge is 0.262 e. The lowest BCUT2D eigenvalue weighted by Crippen LogP contribution is -1.86. The van der Waals surface area contributed by atoms with Crippen LogP contribution in [-0.2, 0) is 0 Å². The summed E-state index contributed by atoms with van der Waals surface area (Å²) in [6.45, 7) is 0. The molecule has 1 aromatic heterocycles. The number of pyridine rings is 1. The van der Waals surface area contributed by atoms with Gasteiger partial charge in [0.15, 0.2) is 0 Å². The van der Waals surface area contributed by atoms with Gasteiger partial charge in [0.05, 0.1) is 10.0 Å². The van der Waals surface area contributed by atoms with Crippen LogP contribution >= 0.6 is 46.4 Å². The highest BCUT2D eigenvalue weighted by molar-refractivity contribution is 6.44. The third-order valence-corrected chi connectivity index (χ3v) is 3.27. The van der Waals surface area contributed by atoms with Gasteiger partial charge in [-0.1, -0.05) is 52.5 Å². The summed E-state index contributed by atoms with van der Waals surface area (Å²) in [5, 5.41) is 1.84. The molecule has 0 saturated heterocycles. The molecule has 16 heavy (non-hydrogen) atoms. The zero-order chi connectivity index (χ0) is 11.7. The Morgan fingerprint density at radius 2 is 1.12 bits per heavy atom. The van der Waals surface area contributed by atoms with E-state index in [0.29, 0.717) is 31.2 Å². The van der Waals surface area contributed by atoms with Crippen LogP contribution in [0.3, 0.4) is 0 Å². The average molecular weight is 293 g/mol. The van der Waals surface area contributed by atoms with Crippen molar-refractivity contribution in [3.05, 3.63) is 50.7 Å². The molecule has 0 unspecified atom stereocenters. The van der Waals surface area contributed by atoms with Crippen LogP contribution < -0.4 is 0 Å². The summed E-state index contributed by atoms with van der Waals surface area (Å²) >= 11 is 24.3. The molecular formula is C11H5Cl4N. The minimum absolute atomic E-state index is 0.419. The van der Waals surface area contributed by atoms with Crippen molar-refractivity contribution in [3.63, 3.8) is 0 Å². The Hall–Kier alpha value is -0.470. The van der Waals surface area contributed by atoms with E-state index in [1.165, 1.54) is 12.4 Å². The van der Waals surface area contributed by atoms with Gasteiger partial charge in [-0.3, -0.25) is 4.98 Å². The van der Waals surface area contributed by atoms with Crippen molar-refractivity contribution < 1.29 is 0 Å². The van der Waals surface area contributed by atoms with E-state index in [4.69, 9.17) is 46.4 Å². The first-order chi connectivity index (χ1) is 7.61. The van der Waals surface area contributed by atoms with Crippen LogP contribution in [-0.4, -0.2) is 4.98 Å². The molecular weight excluding hydrogens is 288 g/mol. The number of benzene rings is 1. The predicted octanol–water partition coefficient (Wildman–Crippen LogP) is 5.36. The van der Waals surface area contributed by atoms with E-state index in [1.54, 1.807) is 18.2 Å². The monoisotopic (exact) mass is 291 g/mol. The second kappa shape index (κ2) is 4.80. The number of nitrogens with zero attached hydrogens (tertiary/aromatic N) is 1. The second-order valence-electron chi connectivity index (χ2n) is 3.07. The minimum Gasteiger partial charge on any atom is -0.262 e. The summed E-state index contributed by atoms with van der Waals surface area (Å²) in [5.41, 5.74) is 1.23. The highest BCUT2D eigenvalue weighted by Gasteiger charge is 2.15. The minimum atomic E-state index is 0.419. The van der Waals surface area contributed by atoms with E-state index in [2.05, 4.69) is 4.98 Å². The highest BCUT2D eigenvalue weighted by Crippen LogP contribution is 2.41. The van der Waals surface area contributed by atoms with Crippen molar-refractivity contribution in [1.82, 2.24) is 4.98 Å². The molecule has 0 atom stereocenters. The van der Waals surface area contributed by atoms with Gasteiger partial charge in [-0.15, -0.1) is 0 Å². The van der Waals surface area contributed by atoms with Gasteiger partial charge in [-0.2, -0.15) is 0 Å². The molecule has 0 amide bonds. The van der Waals surface area contributed by atoms with Gasteiger partial charge in [-0.05, 0) is 12.1 Å². The Bertz CT molecular complexity index is 450. The Morgan fingerprint density at radius 3 is 1.62 bits per heavy atom. The van der Waals surface area contributed by atoms with Gasteiger partial charge in [0.25, 0.3) is 0 Å². The van der Waals surface area contributed by atoms with Gasteiger partial charge in [0.1, 0.15) is 0 Å². The quantitative estimate of drug-likeness (QED) is 0.689.